The summed E-state index contributed by atoms with van der Waals surface area (Å²) in [6.45, 7) is 5.98. The largest absolute Gasteiger partial charge is 0.331 e. The molecular weight excluding hydrogens is 324 g/mol. The minimum absolute atomic E-state index is 0.747. The standard InChI is InChI=1S/C20H22N6/c1-5-7-15-8-6-9-16-19(15)23-18(25(16)4)11-10-17-22-20-14(3)21-12-13(2)26(20)24-17/h5-9,12H,10-11H2,1-4H3/b7-5-. The molecule has 132 valence electrons. The van der Waals surface area contributed by atoms with E-state index in [1.165, 1.54) is 0 Å². The average Bonchev–Trinajstić information content (AvgIpc) is 3.20. The SMILES string of the molecule is C/C=C\c1cccc2c1nc(CCc1nc3c(C)ncc(C)n3n1)n2C. The minimum Gasteiger partial charge on any atom is -0.331 e. The molecule has 3 heterocycles. The molecule has 1 aromatic carbocycles. The molecule has 0 spiro atoms. The molecule has 0 aliphatic carbocycles. The summed E-state index contributed by atoms with van der Waals surface area (Å²) >= 11 is 0. The Morgan fingerprint density at radius 2 is 1.96 bits per heavy atom. The van der Waals surface area contributed by atoms with Crippen molar-refractivity contribution >= 4 is 22.8 Å². The molecule has 0 amide bonds. The Labute approximate surface area is 152 Å². The topological polar surface area (TPSA) is 60.9 Å². The van der Waals surface area contributed by atoms with Crippen molar-refractivity contribution in [2.75, 3.05) is 0 Å². The quantitative estimate of drug-likeness (QED) is 0.568. The molecule has 0 radical (unpaired) electrons. The van der Waals surface area contributed by atoms with Gasteiger partial charge in [-0.25, -0.2) is 14.5 Å². The van der Waals surface area contributed by atoms with Crippen molar-refractivity contribution in [2.45, 2.75) is 33.6 Å². The Kier molecular flexibility index (Phi) is 4.03. The minimum atomic E-state index is 0.747. The van der Waals surface area contributed by atoms with Gasteiger partial charge in [-0.15, -0.1) is 0 Å². The number of aromatic nitrogens is 6. The first-order valence-corrected chi connectivity index (χ1v) is 8.83. The van der Waals surface area contributed by atoms with Crippen molar-refractivity contribution in [2.24, 2.45) is 7.05 Å². The summed E-state index contributed by atoms with van der Waals surface area (Å²) in [6.07, 6.45) is 7.51. The first kappa shape index (κ1) is 16.4. The zero-order chi connectivity index (χ0) is 18.3. The van der Waals surface area contributed by atoms with E-state index in [4.69, 9.17) is 4.98 Å². The molecule has 0 aliphatic rings. The van der Waals surface area contributed by atoms with Gasteiger partial charge in [0.05, 0.1) is 22.4 Å². The molecule has 26 heavy (non-hydrogen) atoms. The fraction of sp³-hybridized carbons (Fsp3) is 0.300. The number of imidazole rings is 1. The number of benzene rings is 1. The Hall–Kier alpha value is -3.02. The number of nitrogens with zero attached hydrogens (tertiary/aromatic N) is 6. The molecule has 4 rings (SSSR count). The maximum Gasteiger partial charge on any atom is 0.177 e. The highest BCUT2D eigenvalue weighted by molar-refractivity contribution is 5.85. The van der Waals surface area contributed by atoms with E-state index in [1.807, 2.05) is 37.6 Å². The van der Waals surface area contributed by atoms with Gasteiger partial charge in [0.15, 0.2) is 11.5 Å². The molecule has 0 bridgehead atoms. The van der Waals surface area contributed by atoms with Gasteiger partial charge in [0, 0.05) is 31.6 Å². The van der Waals surface area contributed by atoms with E-state index < -0.39 is 0 Å². The van der Waals surface area contributed by atoms with Gasteiger partial charge in [0.25, 0.3) is 0 Å². The van der Waals surface area contributed by atoms with E-state index in [9.17, 15) is 0 Å². The molecule has 6 heteroatoms. The monoisotopic (exact) mass is 346 g/mol. The highest BCUT2D eigenvalue weighted by Gasteiger charge is 2.13. The molecule has 0 unspecified atom stereocenters. The summed E-state index contributed by atoms with van der Waals surface area (Å²) < 4.78 is 4.03. The third-order valence-corrected chi connectivity index (χ3v) is 4.71. The zero-order valence-electron chi connectivity index (χ0n) is 15.6. The number of rotatable bonds is 4. The Morgan fingerprint density at radius 1 is 1.12 bits per heavy atom. The molecule has 0 saturated heterocycles. The van der Waals surface area contributed by atoms with Gasteiger partial charge in [-0.1, -0.05) is 24.3 Å². The molecule has 0 atom stereocenters. The highest BCUT2D eigenvalue weighted by atomic mass is 15.3. The van der Waals surface area contributed by atoms with Crippen LogP contribution in [-0.2, 0) is 19.9 Å². The van der Waals surface area contributed by atoms with Crippen molar-refractivity contribution in [1.29, 1.82) is 0 Å². The lowest BCUT2D eigenvalue weighted by Crippen LogP contribution is -2.02. The summed E-state index contributed by atoms with van der Waals surface area (Å²) in [5.74, 6) is 1.87. The van der Waals surface area contributed by atoms with E-state index in [-0.39, 0.29) is 0 Å². The third-order valence-electron chi connectivity index (χ3n) is 4.71. The lowest BCUT2D eigenvalue weighted by molar-refractivity contribution is 0.752. The van der Waals surface area contributed by atoms with Crippen molar-refractivity contribution < 1.29 is 0 Å². The van der Waals surface area contributed by atoms with Crippen molar-refractivity contribution in [1.82, 2.24) is 29.1 Å². The van der Waals surface area contributed by atoms with Crippen LogP contribution >= 0.6 is 0 Å². The lowest BCUT2D eigenvalue weighted by Gasteiger charge is -2.00. The van der Waals surface area contributed by atoms with Crippen LogP contribution < -0.4 is 0 Å². The molecule has 0 aliphatic heterocycles. The first-order chi connectivity index (χ1) is 12.6. The van der Waals surface area contributed by atoms with Crippen LogP contribution in [0, 0.1) is 13.8 Å². The number of hydrogen-bond acceptors (Lipinski definition) is 4. The summed E-state index contributed by atoms with van der Waals surface area (Å²) in [7, 11) is 2.07. The average molecular weight is 346 g/mol. The number of allylic oxidation sites excluding steroid dienone is 1. The summed E-state index contributed by atoms with van der Waals surface area (Å²) in [6, 6.07) is 6.28. The summed E-state index contributed by atoms with van der Waals surface area (Å²) in [5, 5.41) is 4.64. The molecule has 0 fully saturated rings. The summed E-state index contributed by atoms with van der Waals surface area (Å²) in [5.41, 5.74) is 6.06. The van der Waals surface area contributed by atoms with Crippen molar-refractivity contribution in [3.63, 3.8) is 0 Å². The van der Waals surface area contributed by atoms with Crippen LogP contribution in [0.4, 0.5) is 0 Å². The van der Waals surface area contributed by atoms with Gasteiger partial charge >= 0.3 is 0 Å². The van der Waals surface area contributed by atoms with Crippen LogP contribution in [0.5, 0.6) is 0 Å². The van der Waals surface area contributed by atoms with Crippen LogP contribution in [0.15, 0.2) is 30.5 Å². The summed E-state index contributed by atoms with van der Waals surface area (Å²) in [4.78, 5) is 13.9. The molecule has 6 nitrogen and oxygen atoms in total. The highest BCUT2D eigenvalue weighted by Crippen LogP contribution is 2.21. The van der Waals surface area contributed by atoms with Crippen LogP contribution in [0.25, 0.3) is 22.8 Å². The molecular formula is C20H22N6. The second-order valence-electron chi connectivity index (χ2n) is 6.55. The van der Waals surface area contributed by atoms with Gasteiger partial charge in [-0.05, 0) is 26.8 Å². The van der Waals surface area contributed by atoms with Crippen molar-refractivity contribution in [3.8, 4) is 0 Å². The second-order valence-corrected chi connectivity index (χ2v) is 6.55. The molecule has 0 saturated carbocycles. The smallest absolute Gasteiger partial charge is 0.177 e. The predicted molar refractivity (Wildman–Crippen MR) is 103 cm³/mol. The van der Waals surface area contributed by atoms with Crippen molar-refractivity contribution in [3.05, 3.63) is 59.1 Å². The molecule has 4 aromatic rings. The molecule has 3 aromatic heterocycles. The van der Waals surface area contributed by atoms with Crippen LogP contribution in [-0.4, -0.2) is 29.1 Å². The zero-order valence-corrected chi connectivity index (χ0v) is 15.6. The van der Waals surface area contributed by atoms with Gasteiger partial charge in [-0.3, -0.25) is 4.98 Å². The Bertz CT molecular complexity index is 1090. The van der Waals surface area contributed by atoms with Crippen LogP contribution in [0.3, 0.4) is 0 Å². The lowest BCUT2D eigenvalue weighted by atomic mass is 10.2. The third kappa shape index (κ3) is 2.67. The van der Waals surface area contributed by atoms with Gasteiger partial charge in [0.1, 0.15) is 5.82 Å². The van der Waals surface area contributed by atoms with E-state index in [1.54, 1.807) is 0 Å². The predicted octanol–water partition coefficient (Wildman–Crippen LogP) is 3.45. The van der Waals surface area contributed by atoms with E-state index in [0.29, 0.717) is 0 Å². The fourth-order valence-corrected chi connectivity index (χ4v) is 3.29. The van der Waals surface area contributed by atoms with Gasteiger partial charge < -0.3 is 4.57 Å². The van der Waals surface area contributed by atoms with E-state index >= 15 is 0 Å². The van der Waals surface area contributed by atoms with E-state index in [2.05, 4.69) is 51.0 Å². The van der Waals surface area contributed by atoms with Crippen LogP contribution in [0.2, 0.25) is 0 Å². The number of hydrogen-bond donors (Lipinski definition) is 0. The Balaban J connectivity index is 1.66. The van der Waals surface area contributed by atoms with E-state index in [0.717, 1.165) is 58.1 Å². The fourth-order valence-electron chi connectivity index (χ4n) is 3.29. The maximum absolute atomic E-state index is 4.87. The first-order valence-electron chi connectivity index (χ1n) is 8.83. The Morgan fingerprint density at radius 3 is 2.73 bits per heavy atom. The number of fused-ring (bicyclic) bond motifs is 2. The second kappa shape index (κ2) is 6.37. The molecule has 0 N–H and O–H groups in total. The van der Waals surface area contributed by atoms with Gasteiger partial charge in [0.2, 0.25) is 0 Å². The number of aryl methyl sites for hydroxylation is 5. The maximum atomic E-state index is 4.87. The van der Waals surface area contributed by atoms with Gasteiger partial charge in [-0.2, -0.15) is 5.10 Å². The van der Waals surface area contributed by atoms with Crippen LogP contribution in [0.1, 0.15) is 35.5 Å². The normalized spacial score (nSPS) is 12.0. The number of para-hydroxylation sites is 1.